The van der Waals surface area contributed by atoms with E-state index in [1.54, 1.807) is 6.08 Å². The summed E-state index contributed by atoms with van der Waals surface area (Å²) >= 11 is 0.375. The van der Waals surface area contributed by atoms with Crippen LogP contribution in [0.2, 0.25) is 10.6 Å². The van der Waals surface area contributed by atoms with E-state index in [-0.39, 0.29) is 0 Å². The molecular formula is C8H14N4O2Se. The van der Waals surface area contributed by atoms with E-state index < -0.39 is 12.0 Å². The van der Waals surface area contributed by atoms with Crippen LogP contribution in [0, 0.1) is 0 Å². The number of rotatable bonds is 8. The summed E-state index contributed by atoms with van der Waals surface area (Å²) in [5, 5.41) is 13.6. The van der Waals surface area contributed by atoms with Crippen molar-refractivity contribution in [2.24, 2.45) is 10.8 Å². The van der Waals surface area contributed by atoms with Crippen LogP contribution in [0.15, 0.2) is 17.3 Å². The Kier molecular flexibility index (Phi) is 8.91. The second-order valence-corrected chi connectivity index (χ2v) is 5.11. The molecule has 0 rings (SSSR count). The molecule has 0 bridgehead atoms. The predicted molar refractivity (Wildman–Crippen MR) is 58.7 cm³/mol. The monoisotopic (exact) mass is 278 g/mol. The van der Waals surface area contributed by atoms with Crippen molar-refractivity contribution in [3.8, 4) is 0 Å². The van der Waals surface area contributed by atoms with Crippen molar-refractivity contribution < 1.29 is 9.90 Å². The summed E-state index contributed by atoms with van der Waals surface area (Å²) in [6.07, 6.45) is 4.28. The summed E-state index contributed by atoms with van der Waals surface area (Å²) in [6.45, 7) is 0.376. The van der Waals surface area contributed by atoms with Gasteiger partial charge in [0.1, 0.15) is 0 Å². The zero-order valence-corrected chi connectivity index (χ0v) is 9.96. The molecule has 0 spiro atoms. The molecule has 1 atom stereocenters. The molecule has 0 saturated heterocycles. The molecule has 6 nitrogen and oxygen atoms in total. The number of hydrogen-bond donors (Lipinski definition) is 2. The molecule has 0 aliphatic heterocycles. The first-order valence-corrected chi connectivity index (χ1v) is 6.82. The van der Waals surface area contributed by atoms with Crippen LogP contribution in [0.5, 0.6) is 0 Å². The molecule has 0 aromatic carbocycles. The topological polar surface area (TPSA) is 112 Å². The molecule has 15 heavy (non-hydrogen) atoms. The maximum atomic E-state index is 10.4. The number of allylic oxidation sites excluding steroid dienone is 1. The Balaban J connectivity index is 3.35. The van der Waals surface area contributed by atoms with Crippen LogP contribution in [0.3, 0.4) is 0 Å². The van der Waals surface area contributed by atoms with Gasteiger partial charge in [-0.15, -0.1) is 0 Å². The molecule has 0 fully saturated rings. The first kappa shape index (κ1) is 14.0. The van der Waals surface area contributed by atoms with Crippen LogP contribution >= 0.6 is 0 Å². The van der Waals surface area contributed by atoms with E-state index in [1.807, 2.05) is 6.08 Å². The average Bonchev–Trinajstić information content (AvgIpc) is 2.21. The van der Waals surface area contributed by atoms with Crippen molar-refractivity contribution in [2.45, 2.75) is 23.1 Å². The van der Waals surface area contributed by atoms with E-state index in [1.165, 1.54) is 0 Å². The van der Waals surface area contributed by atoms with Gasteiger partial charge in [-0.3, -0.25) is 0 Å². The second-order valence-electron chi connectivity index (χ2n) is 2.69. The van der Waals surface area contributed by atoms with Crippen molar-refractivity contribution in [3.63, 3.8) is 0 Å². The average molecular weight is 277 g/mol. The standard InChI is InChI=1S/C8H14N4O2Se/c9-7(8(13)14)3-6-15-5-2-1-4-11-12-10/h1-2,7H,3-6,9H2,(H,13,14)/b2-1+. The van der Waals surface area contributed by atoms with Gasteiger partial charge < -0.3 is 0 Å². The molecular weight excluding hydrogens is 263 g/mol. The van der Waals surface area contributed by atoms with Crippen LogP contribution in [0.1, 0.15) is 6.42 Å². The van der Waals surface area contributed by atoms with Crippen LogP contribution in [-0.2, 0) is 4.79 Å². The number of nitrogens with zero attached hydrogens (tertiary/aromatic N) is 3. The van der Waals surface area contributed by atoms with Gasteiger partial charge in [0.25, 0.3) is 0 Å². The van der Waals surface area contributed by atoms with E-state index in [4.69, 9.17) is 16.4 Å². The van der Waals surface area contributed by atoms with Crippen LogP contribution < -0.4 is 5.73 Å². The first-order chi connectivity index (χ1) is 7.18. The van der Waals surface area contributed by atoms with E-state index in [2.05, 4.69) is 10.0 Å². The molecule has 0 amide bonds. The molecule has 0 aliphatic carbocycles. The summed E-state index contributed by atoms with van der Waals surface area (Å²) in [5.74, 6) is -0.940. The molecule has 1 unspecified atom stereocenters. The van der Waals surface area contributed by atoms with E-state index in [0.29, 0.717) is 27.9 Å². The van der Waals surface area contributed by atoms with Gasteiger partial charge >= 0.3 is 93.9 Å². The third-order valence-electron chi connectivity index (χ3n) is 1.52. The zero-order valence-electron chi connectivity index (χ0n) is 8.24. The van der Waals surface area contributed by atoms with Gasteiger partial charge in [0.15, 0.2) is 0 Å². The van der Waals surface area contributed by atoms with E-state index >= 15 is 0 Å². The number of aliphatic carboxylic acids is 1. The van der Waals surface area contributed by atoms with Crippen LogP contribution in [-0.4, -0.2) is 38.6 Å². The van der Waals surface area contributed by atoms with Crippen molar-refractivity contribution in [1.82, 2.24) is 0 Å². The van der Waals surface area contributed by atoms with Crippen LogP contribution in [0.4, 0.5) is 0 Å². The fourth-order valence-electron chi connectivity index (χ4n) is 0.711. The molecule has 7 heteroatoms. The SMILES string of the molecule is [N-]=[N+]=NC/C=C/C[Se]CCC(N)C(=O)O. The van der Waals surface area contributed by atoms with Gasteiger partial charge in [0.05, 0.1) is 0 Å². The summed E-state index contributed by atoms with van der Waals surface area (Å²) in [7, 11) is 0. The summed E-state index contributed by atoms with van der Waals surface area (Å²) in [4.78, 5) is 13.0. The quantitative estimate of drug-likeness (QED) is 0.173. The molecule has 0 radical (unpaired) electrons. The van der Waals surface area contributed by atoms with Crippen molar-refractivity contribution in [3.05, 3.63) is 22.6 Å². The van der Waals surface area contributed by atoms with Gasteiger partial charge in [0.2, 0.25) is 0 Å². The fourth-order valence-corrected chi connectivity index (χ4v) is 2.51. The fraction of sp³-hybridized carbons (Fsp3) is 0.625. The van der Waals surface area contributed by atoms with Crippen LogP contribution in [0.25, 0.3) is 10.4 Å². The molecule has 0 aliphatic rings. The minimum absolute atomic E-state index is 0.375. The number of carboxylic acids is 1. The Labute approximate surface area is 94.3 Å². The van der Waals surface area contributed by atoms with E-state index in [0.717, 1.165) is 10.6 Å². The molecule has 84 valence electrons. The Morgan fingerprint density at radius 1 is 1.67 bits per heavy atom. The minimum atomic E-state index is -0.940. The first-order valence-electron chi connectivity index (χ1n) is 4.40. The third-order valence-corrected chi connectivity index (χ3v) is 3.52. The number of nitrogens with two attached hydrogens (primary N) is 1. The third kappa shape index (κ3) is 9.31. The number of azide groups is 1. The van der Waals surface area contributed by atoms with Crippen molar-refractivity contribution >= 4 is 20.9 Å². The van der Waals surface area contributed by atoms with Crippen molar-refractivity contribution in [2.75, 3.05) is 6.54 Å². The zero-order chi connectivity index (χ0) is 11.5. The second kappa shape index (κ2) is 9.55. The molecule has 0 aromatic rings. The number of hydrogen-bond acceptors (Lipinski definition) is 3. The molecule has 0 aromatic heterocycles. The van der Waals surface area contributed by atoms with Gasteiger partial charge in [-0.05, 0) is 0 Å². The Hall–Kier alpha value is -1.00. The number of carbonyl (C=O) groups is 1. The summed E-state index contributed by atoms with van der Waals surface area (Å²) in [5.41, 5.74) is 13.3. The van der Waals surface area contributed by atoms with Gasteiger partial charge in [-0.25, -0.2) is 0 Å². The maximum absolute atomic E-state index is 10.4. The normalized spacial score (nSPS) is 12.3. The van der Waals surface area contributed by atoms with Crippen molar-refractivity contribution in [1.29, 1.82) is 0 Å². The summed E-state index contributed by atoms with van der Waals surface area (Å²) < 4.78 is 0. The van der Waals surface area contributed by atoms with Gasteiger partial charge in [0, 0.05) is 0 Å². The Bertz CT molecular complexity index is 263. The van der Waals surface area contributed by atoms with Gasteiger partial charge in [-0.1, -0.05) is 0 Å². The molecule has 3 N–H and O–H groups in total. The summed E-state index contributed by atoms with van der Waals surface area (Å²) in [6, 6.07) is -0.737. The Morgan fingerprint density at radius 3 is 3.00 bits per heavy atom. The molecule has 0 saturated carbocycles. The predicted octanol–water partition coefficient (Wildman–Crippen LogP) is 1.20. The van der Waals surface area contributed by atoms with E-state index in [9.17, 15) is 4.79 Å². The number of carboxylic acid groups (broad SMARTS) is 1. The molecule has 0 heterocycles. The van der Waals surface area contributed by atoms with Gasteiger partial charge in [-0.2, -0.15) is 0 Å². The Morgan fingerprint density at radius 2 is 2.40 bits per heavy atom.